The van der Waals surface area contributed by atoms with Gasteiger partial charge in [-0.15, -0.1) is 11.3 Å². The number of hydrogen-bond acceptors (Lipinski definition) is 3. The standard InChI is InChI=1S/C11H10N2S.CH5N/c12-11(13)9-4-1-3-8(7-9)10-5-2-6-14-10;1-2/h1-7H,(H3,12,13);2H2,1H3. The molecule has 4 heteroatoms. The molecule has 0 fully saturated rings. The molecule has 16 heavy (non-hydrogen) atoms. The van der Waals surface area contributed by atoms with Crippen LogP contribution in [0.1, 0.15) is 5.56 Å². The fourth-order valence-corrected chi connectivity index (χ4v) is 2.01. The van der Waals surface area contributed by atoms with Gasteiger partial charge >= 0.3 is 0 Å². The molecule has 0 amide bonds. The molecule has 5 N–H and O–H groups in total. The lowest BCUT2D eigenvalue weighted by molar-refractivity contribution is 1.43. The van der Waals surface area contributed by atoms with Gasteiger partial charge in [-0.1, -0.05) is 24.3 Å². The van der Waals surface area contributed by atoms with Crippen LogP contribution in [-0.4, -0.2) is 12.9 Å². The number of thiophene rings is 1. The van der Waals surface area contributed by atoms with E-state index >= 15 is 0 Å². The number of hydrogen-bond donors (Lipinski definition) is 3. The SMILES string of the molecule is CN.N=C(N)c1cccc(-c2cccs2)c1. The van der Waals surface area contributed by atoms with Gasteiger partial charge in [-0.25, -0.2) is 0 Å². The second kappa shape index (κ2) is 6.05. The molecular formula is C12H15N3S. The first-order chi connectivity index (χ1) is 7.77. The predicted molar refractivity (Wildman–Crippen MR) is 70.9 cm³/mol. The predicted octanol–water partition coefficient (Wildman–Crippen LogP) is 2.27. The van der Waals surface area contributed by atoms with Crippen LogP contribution in [0.5, 0.6) is 0 Å². The van der Waals surface area contributed by atoms with Crippen LogP contribution in [0.25, 0.3) is 10.4 Å². The van der Waals surface area contributed by atoms with Crippen molar-refractivity contribution < 1.29 is 0 Å². The number of amidine groups is 1. The fourth-order valence-electron chi connectivity index (χ4n) is 1.28. The molecule has 0 atom stereocenters. The summed E-state index contributed by atoms with van der Waals surface area (Å²) in [6.07, 6.45) is 0. The summed E-state index contributed by atoms with van der Waals surface area (Å²) in [7, 11) is 1.50. The molecule has 1 heterocycles. The van der Waals surface area contributed by atoms with Gasteiger partial charge in [0.1, 0.15) is 5.84 Å². The van der Waals surface area contributed by atoms with E-state index in [1.807, 2.05) is 35.7 Å². The van der Waals surface area contributed by atoms with E-state index in [1.54, 1.807) is 11.3 Å². The van der Waals surface area contributed by atoms with Gasteiger partial charge in [-0.05, 0) is 30.1 Å². The van der Waals surface area contributed by atoms with Crippen LogP contribution in [-0.2, 0) is 0 Å². The molecule has 0 saturated heterocycles. The molecule has 0 saturated carbocycles. The third-order valence-electron chi connectivity index (χ3n) is 1.98. The smallest absolute Gasteiger partial charge is 0.122 e. The van der Waals surface area contributed by atoms with E-state index in [0.717, 1.165) is 11.1 Å². The Balaban J connectivity index is 0.000000606. The van der Waals surface area contributed by atoms with Crippen molar-refractivity contribution in [3.8, 4) is 10.4 Å². The van der Waals surface area contributed by atoms with Gasteiger partial charge in [0.25, 0.3) is 0 Å². The zero-order valence-electron chi connectivity index (χ0n) is 9.10. The average molecular weight is 233 g/mol. The van der Waals surface area contributed by atoms with Crippen LogP contribution in [0.2, 0.25) is 0 Å². The number of nitrogens with one attached hydrogen (secondary N) is 1. The third-order valence-corrected chi connectivity index (χ3v) is 2.90. The lowest BCUT2D eigenvalue weighted by Crippen LogP contribution is -2.10. The minimum Gasteiger partial charge on any atom is -0.384 e. The van der Waals surface area contributed by atoms with E-state index in [0.29, 0.717) is 0 Å². The first-order valence-corrected chi connectivity index (χ1v) is 5.71. The Labute approximate surface area is 99.2 Å². The van der Waals surface area contributed by atoms with Gasteiger partial charge in [0.2, 0.25) is 0 Å². The van der Waals surface area contributed by atoms with Crippen LogP contribution in [0.3, 0.4) is 0 Å². The summed E-state index contributed by atoms with van der Waals surface area (Å²) in [5.74, 6) is 0.114. The van der Waals surface area contributed by atoms with Crippen LogP contribution >= 0.6 is 11.3 Å². The molecule has 1 aromatic heterocycles. The van der Waals surface area contributed by atoms with Crippen LogP contribution in [0.4, 0.5) is 0 Å². The summed E-state index contributed by atoms with van der Waals surface area (Å²) >= 11 is 1.69. The average Bonchev–Trinajstić information content (AvgIpc) is 2.85. The summed E-state index contributed by atoms with van der Waals surface area (Å²) in [6, 6.07) is 11.8. The van der Waals surface area contributed by atoms with Crippen LogP contribution in [0.15, 0.2) is 41.8 Å². The molecule has 0 bridgehead atoms. The lowest BCUT2D eigenvalue weighted by atomic mass is 10.1. The summed E-state index contributed by atoms with van der Waals surface area (Å²) in [5.41, 5.74) is 11.8. The van der Waals surface area contributed by atoms with E-state index in [1.165, 1.54) is 11.9 Å². The van der Waals surface area contributed by atoms with E-state index in [-0.39, 0.29) is 5.84 Å². The Morgan fingerprint density at radius 3 is 2.50 bits per heavy atom. The molecule has 2 aromatic rings. The second-order valence-electron chi connectivity index (χ2n) is 2.97. The van der Waals surface area contributed by atoms with Crippen molar-refractivity contribution in [2.24, 2.45) is 11.5 Å². The van der Waals surface area contributed by atoms with Crippen molar-refractivity contribution in [2.45, 2.75) is 0 Å². The van der Waals surface area contributed by atoms with Crippen molar-refractivity contribution in [1.29, 1.82) is 5.41 Å². The van der Waals surface area contributed by atoms with Gasteiger partial charge in [0, 0.05) is 10.4 Å². The van der Waals surface area contributed by atoms with Crippen LogP contribution < -0.4 is 11.5 Å². The van der Waals surface area contributed by atoms with Crippen molar-refractivity contribution in [3.05, 3.63) is 47.3 Å². The Bertz CT molecular complexity index is 449. The first kappa shape index (κ1) is 12.4. The van der Waals surface area contributed by atoms with E-state index in [9.17, 15) is 0 Å². The first-order valence-electron chi connectivity index (χ1n) is 4.83. The maximum Gasteiger partial charge on any atom is 0.122 e. The van der Waals surface area contributed by atoms with E-state index < -0.39 is 0 Å². The van der Waals surface area contributed by atoms with Crippen LogP contribution in [0, 0.1) is 5.41 Å². The van der Waals surface area contributed by atoms with Crippen molar-refractivity contribution in [3.63, 3.8) is 0 Å². The van der Waals surface area contributed by atoms with Gasteiger partial charge in [-0.2, -0.15) is 0 Å². The van der Waals surface area contributed by atoms with Gasteiger partial charge in [0.05, 0.1) is 0 Å². The Hall–Kier alpha value is -1.65. The Morgan fingerprint density at radius 1 is 1.19 bits per heavy atom. The molecule has 84 valence electrons. The molecule has 2 rings (SSSR count). The number of nitrogens with two attached hydrogens (primary N) is 2. The van der Waals surface area contributed by atoms with Gasteiger partial charge in [-0.3, -0.25) is 5.41 Å². The fraction of sp³-hybridized carbons (Fsp3) is 0.0833. The highest BCUT2D eigenvalue weighted by atomic mass is 32.1. The second-order valence-corrected chi connectivity index (χ2v) is 3.92. The minimum atomic E-state index is 0.114. The zero-order valence-corrected chi connectivity index (χ0v) is 9.92. The Kier molecular flexibility index (Phi) is 4.69. The zero-order chi connectivity index (χ0) is 12.0. The minimum absolute atomic E-state index is 0.114. The maximum absolute atomic E-state index is 7.34. The summed E-state index contributed by atoms with van der Waals surface area (Å²) in [4.78, 5) is 1.20. The molecule has 0 aliphatic carbocycles. The third kappa shape index (κ3) is 2.92. The Morgan fingerprint density at radius 2 is 1.94 bits per heavy atom. The van der Waals surface area contributed by atoms with Crippen molar-refractivity contribution in [2.75, 3.05) is 7.05 Å². The van der Waals surface area contributed by atoms with E-state index in [4.69, 9.17) is 11.1 Å². The quantitative estimate of drug-likeness (QED) is 0.550. The topological polar surface area (TPSA) is 75.9 Å². The summed E-state index contributed by atoms with van der Waals surface area (Å²) in [5, 5.41) is 9.38. The number of nitrogen functional groups attached to an aromatic ring is 1. The highest BCUT2D eigenvalue weighted by Gasteiger charge is 2.01. The molecular weight excluding hydrogens is 218 g/mol. The number of benzene rings is 1. The normalized spacial score (nSPS) is 9.12. The van der Waals surface area contributed by atoms with Gasteiger partial charge < -0.3 is 11.5 Å². The molecule has 0 unspecified atom stereocenters. The summed E-state index contributed by atoms with van der Waals surface area (Å²) in [6.45, 7) is 0. The molecule has 1 aromatic carbocycles. The van der Waals surface area contributed by atoms with Crippen molar-refractivity contribution in [1.82, 2.24) is 0 Å². The lowest BCUT2D eigenvalue weighted by Gasteiger charge is -2.01. The highest BCUT2D eigenvalue weighted by Crippen LogP contribution is 2.24. The van der Waals surface area contributed by atoms with Gasteiger partial charge in [0.15, 0.2) is 0 Å². The molecule has 0 aliphatic rings. The summed E-state index contributed by atoms with van der Waals surface area (Å²) < 4.78 is 0. The molecule has 0 aliphatic heterocycles. The molecule has 0 spiro atoms. The highest BCUT2D eigenvalue weighted by molar-refractivity contribution is 7.13. The van der Waals surface area contributed by atoms with E-state index in [2.05, 4.69) is 11.8 Å². The molecule has 0 radical (unpaired) electrons. The van der Waals surface area contributed by atoms with Crippen molar-refractivity contribution >= 4 is 17.2 Å². The number of rotatable bonds is 2. The molecule has 3 nitrogen and oxygen atoms in total. The maximum atomic E-state index is 7.34. The monoisotopic (exact) mass is 233 g/mol. The largest absolute Gasteiger partial charge is 0.384 e.